The van der Waals surface area contributed by atoms with Gasteiger partial charge in [-0.3, -0.25) is 14.5 Å². The molecule has 1 aliphatic rings. The number of aromatic nitrogens is 2. The molecule has 7 heteroatoms. The fourth-order valence-corrected chi connectivity index (χ4v) is 3.67. The van der Waals surface area contributed by atoms with Crippen LogP contribution >= 0.6 is 0 Å². The lowest BCUT2D eigenvalue weighted by molar-refractivity contribution is -0.139. The molecule has 1 aliphatic heterocycles. The monoisotopic (exact) mass is 370 g/mol. The van der Waals surface area contributed by atoms with E-state index < -0.39 is 5.97 Å². The molecule has 0 saturated carbocycles. The largest absolute Gasteiger partial charge is 0.480 e. The zero-order valence-electron chi connectivity index (χ0n) is 15.8. The number of carboxylic acids is 1. The van der Waals surface area contributed by atoms with Gasteiger partial charge in [-0.15, -0.1) is 0 Å². The zero-order chi connectivity index (χ0) is 19.4. The number of likely N-dealkylation sites (N-methyl/N-ethyl adjacent to an activating group) is 1. The quantitative estimate of drug-likeness (QED) is 0.843. The van der Waals surface area contributed by atoms with Gasteiger partial charge < -0.3 is 10.0 Å². The van der Waals surface area contributed by atoms with E-state index in [0.717, 1.165) is 24.1 Å². The molecule has 2 heterocycles. The van der Waals surface area contributed by atoms with Gasteiger partial charge in [-0.05, 0) is 37.9 Å². The SMILES string of the molecule is CCN(CC(=O)O)C1CCN(C(=O)c2cnn(-c3ccccc3C)c2)CC1. The van der Waals surface area contributed by atoms with E-state index in [1.807, 2.05) is 47.9 Å². The third-order valence-corrected chi connectivity index (χ3v) is 5.20. The molecule has 0 unspecified atom stereocenters. The number of para-hydroxylation sites is 1. The van der Waals surface area contributed by atoms with Gasteiger partial charge in [-0.25, -0.2) is 4.68 Å². The van der Waals surface area contributed by atoms with E-state index in [1.54, 1.807) is 17.1 Å². The van der Waals surface area contributed by atoms with Crippen LogP contribution in [-0.2, 0) is 4.79 Å². The summed E-state index contributed by atoms with van der Waals surface area (Å²) in [6.07, 6.45) is 4.97. The fourth-order valence-electron chi connectivity index (χ4n) is 3.67. The topological polar surface area (TPSA) is 78.7 Å². The van der Waals surface area contributed by atoms with Crippen LogP contribution in [0.3, 0.4) is 0 Å². The molecule has 1 fully saturated rings. The summed E-state index contributed by atoms with van der Waals surface area (Å²) in [5.74, 6) is -0.825. The van der Waals surface area contributed by atoms with Gasteiger partial charge in [0.2, 0.25) is 0 Å². The Labute approximate surface area is 159 Å². The minimum atomic E-state index is -0.807. The first kappa shape index (κ1) is 19.1. The average Bonchev–Trinajstić information content (AvgIpc) is 3.16. The lowest BCUT2D eigenvalue weighted by atomic mass is 10.0. The number of carboxylic acid groups (broad SMARTS) is 1. The van der Waals surface area contributed by atoms with Crippen molar-refractivity contribution >= 4 is 11.9 Å². The van der Waals surface area contributed by atoms with E-state index in [4.69, 9.17) is 5.11 Å². The van der Waals surface area contributed by atoms with Gasteiger partial charge >= 0.3 is 5.97 Å². The van der Waals surface area contributed by atoms with Crippen molar-refractivity contribution in [2.45, 2.75) is 32.7 Å². The third kappa shape index (κ3) is 4.36. The van der Waals surface area contributed by atoms with Crippen LogP contribution in [0.4, 0.5) is 0 Å². The Hall–Kier alpha value is -2.67. The van der Waals surface area contributed by atoms with Crippen LogP contribution in [0, 0.1) is 6.92 Å². The molecular formula is C20H26N4O3. The van der Waals surface area contributed by atoms with Crippen LogP contribution < -0.4 is 0 Å². The maximum atomic E-state index is 12.8. The maximum absolute atomic E-state index is 12.8. The number of hydrogen-bond acceptors (Lipinski definition) is 4. The molecule has 144 valence electrons. The minimum absolute atomic E-state index is 0.0189. The average molecular weight is 370 g/mol. The molecule has 0 spiro atoms. The molecule has 0 radical (unpaired) electrons. The van der Waals surface area contributed by atoms with E-state index in [9.17, 15) is 9.59 Å². The highest BCUT2D eigenvalue weighted by Gasteiger charge is 2.28. The highest BCUT2D eigenvalue weighted by Crippen LogP contribution is 2.19. The number of carbonyl (C=O) groups excluding carboxylic acids is 1. The Morgan fingerprint density at radius 3 is 2.59 bits per heavy atom. The van der Waals surface area contributed by atoms with Gasteiger partial charge in [-0.2, -0.15) is 5.10 Å². The second-order valence-electron chi connectivity index (χ2n) is 6.94. The maximum Gasteiger partial charge on any atom is 0.317 e. The molecule has 7 nitrogen and oxygen atoms in total. The fraction of sp³-hybridized carbons (Fsp3) is 0.450. The van der Waals surface area contributed by atoms with Gasteiger partial charge in [0.25, 0.3) is 5.91 Å². The van der Waals surface area contributed by atoms with Gasteiger partial charge in [0.15, 0.2) is 0 Å². The van der Waals surface area contributed by atoms with Crippen LogP contribution in [0.5, 0.6) is 0 Å². The molecule has 1 N–H and O–H groups in total. The predicted molar refractivity (Wildman–Crippen MR) is 102 cm³/mol. The predicted octanol–water partition coefficient (Wildman–Crippen LogP) is 2.19. The Morgan fingerprint density at radius 1 is 1.26 bits per heavy atom. The second kappa shape index (κ2) is 8.35. The number of likely N-dealkylation sites (tertiary alicyclic amines) is 1. The van der Waals surface area contributed by atoms with Crippen molar-refractivity contribution in [2.75, 3.05) is 26.2 Å². The van der Waals surface area contributed by atoms with Crippen molar-refractivity contribution < 1.29 is 14.7 Å². The molecule has 1 saturated heterocycles. The third-order valence-electron chi connectivity index (χ3n) is 5.20. The van der Waals surface area contributed by atoms with Crippen molar-refractivity contribution in [3.63, 3.8) is 0 Å². The van der Waals surface area contributed by atoms with E-state index in [-0.39, 0.29) is 18.5 Å². The molecule has 1 aromatic carbocycles. The highest BCUT2D eigenvalue weighted by molar-refractivity contribution is 5.93. The van der Waals surface area contributed by atoms with Gasteiger partial charge in [0, 0.05) is 25.3 Å². The number of benzene rings is 1. The first-order valence-corrected chi connectivity index (χ1v) is 9.35. The van der Waals surface area contributed by atoms with Gasteiger partial charge in [-0.1, -0.05) is 25.1 Å². The molecule has 1 aromatic heterocycles. The van der Waals surface area contributed by atoms with Crippen LogP contribution in [0.1, 0.15) is 35.7 Å². The van der Waals surface area contributed by atoms with E-state index in [2.05, 4.69) is 5.10 Å². The summed E-state index contributed by atoms with van der Waals surface area (Å²) in [5.41, 5.74) is 2.63. The lowest BCUT2D eigenvalue weighted by Crippen LogP contribution is -2.48. The first-order chi connectivity index (χ1) is 13.0. The number of aliphatic carboxylic acids is 1. The van der Waals surface area contributed by atoms with Crippen LogP contribution in [0.25, 0.3) is 5.69 Å². The van der Waals surface area contributed by atoms with Crippen LogP contribution in [0.15, 0.2) is 36.7 Å². The molecule has 1 amide bonds. The summed E-state index contributed by atoms with van der Waals surface area (Å²) in [6.45, 7) is 6.01. The normalized spacial score (nSPS) is 15.3. The van der Waals surface area contributed by atoms with Crippen molar-refractivity contribution in [2.24, 2.45) is 0 Å². The minimum Gasteiger partial charge on any atom is -0.480 e. The number of rotatable bonds is 6. The summed E-state index contributed by atoms with van der Waals surface area (Å²) in [4.78, 5) is 27.6. The summed E-state index contributed by atoms with van der Waals surface area (Å²) < 4.78 is 1.74. The molecule has 0 aliphatic carbocycles. The zero-order valence-corrected chi connectivity index (χ0v) is 15.8. The number of hydrogen-bond donors (Lipinski definition) is 1. The lowest BCUT2D eigenvalue weighted by Gasteiger charge is -2.37. The van der Waals surface area contributed by atoms with Crippen molar-refractivity contribution in [1.82, 2.24) is 19.6 Å². The summed E-state index contributed by atoms with van der Waals surface area (Å²) in [5, 5.41) is 13.4. The number of piperidine rings is 1. The summed E-state index contributed by atoms with van der Waals surface area (Å²) in [6, 6.07) is 8.13. The molecule has 3 rings (SSSR count). The number of nitrogens with zero attached hydrogens (tertiary/aromatic N) is 4. The summed E-state index contributed by atoms with van der Waals surface area (Å²) in [7, 11) is 0. The second-order valence-corrected chi connectivity index (χ2v) is 6.94. The van der Waals surface area contributed by atoms with E-state index in [0.29, 0.717) is 25.2 Å². The smallest absolute Gasteiger partial charge is 0.317 e. The Kier molecular flexibility index (Phi) is 5.91. The first-order valence-electron chi connectivity index (χ1n) is 9.35. The number of amides is 1. The molecule has 27 heavy (non-hydrogen) atoms. The Balaban J connectivity index is 1.63. The summed E-state index contributed by atoms with van der Waals surface area (Å²) >= 11 is 0. The highest BCUT2D eigenvalue weighted by atomic mass is 16.4. The number of aryl methyl sites for hydroxylation is 1. The van der Waals surface area contributed by atoms with Crippen molar-refractivity contribution in [1.29, 1.82) is 0 Å². The van der Waals surface area contributed by atoms with E-state index >= 15 is 0 Å². The van der Waals surface area contributed by atoms with Crippen LogP contribution in [-0.4, -0.2) is 68.8 Å². The molecule has 0 bridgehead atoms. The standard InChI is InChI=1S/C20H26N4O3/c1-3-22(14-19(25)26)17-8-10-23(11-9-17)20(27)16-12-21-24(13-16)18-7-5-4-6-15(18)2/h4-7,12-13,17H,3,8-11,14H2,1-2H3,(H,25,26). The Bertz CT molecular complexity index is 809. The number of carbonyl (C=O) groups is 2. The van der Waals surface area contributed by atoms with E-state index in [1.165, 1.54) is 0 Å². The van der Waals surface area contributed by atoms with Crippen molar-refractivity contribution in [3.05, 3.63) is 47.8 Å². The molecule has 2 aromatic rings. The van der Waals surface area contributed by atoms with Crippen LogP contribution in [0.2, 0.25) is 0 Å². The van der Waals surface area contributed by atoms with Crippen molar-refractivity contribution in [3.8, 4) is 5.69 Å². The van der Waals surface area contributed by atoms with Gasteiger partial charge in [0.1, 0.15) is 0 Å². The molecular weight excluding hydrogens is 344 g/mol. The van der Waals surface area contributed by atoms with Gasteiger partial charge in [0.05, 0.1) is 24.0 Å². The Morgan fingerprint density at radius 2 is 1.96 bits per heavy atom. The molecule has 0 atom stereocenters.